The van der Waals surface area contributed by atoms with Crippen molar-refractivity contribution in [3.63, 3.8) is 0 Å². The molecule has 0 spiro atoms. The summed E-state index contributed by atoms with van der Waals surface area (Å²) < 4.78 is 0. The summed E-state index contributed by atoms with van der Waals surface area (Å²) in [4.78, 5) is 45.1. The third-order valence-electron chi connectivity index (χ3n) is 6.20. The van der Waals surface area contributed by atoms with E-state index in [1.807, 2.05) is 62.4 Å². The predicted molar refractivity (Wildman–Crippen MR) is 136 cm³/mol. The predicted octanol–water partition coefficient (Wildman–Crippen LogP) is 3.12. The van der Waals surface area contributed by atoms with Gasteiger partial charge >= 0.3 is 5.97 Å². The topological polar surface area (TPSA) is 116 Å². The Morgan fingerprint density at radius 1 is 1.03 bits per heavy atom. The van der Waals surface area contributed by atoms with Crippen molar-refractivity contribution in [3.05, 3.63) is 86.9 Å². The lowest BCUT2D eigenvalue weighted by molar-refractivity contribution is -0.144. The highest BCUT2D eigenvalue weighted by Gasteiger charge is 2.44. The lowest BCUT2D eigenvalue weighted by Gasteiger charge is -2.45. The van der Waals surface area contributed by atoms with Crippen molar-refractivity contribution >= 4 is 34.1 Å². The minimum atomic E-state index is -1.48. The van der Waals surface area contributed by atoms with Crippen molar-refractivity contribution in [2.75, 3.05) is 23.4 Å². The van der Waals surface area contributed by atoms with Gasteiger partial charge in [0.25, 0.3) is 5.43 Å². The molecule has 0 aliphatic heterocycles. The van der Waals surface area contributed by atoms with Crippen molar-refractivity contribution in [1.82, 2.24) is 15.0 Å². The van der Waals surface area contributed by atoms with Crippen LogP contribution in [0.1, 0.15) is 26.3 Å². The van der Waals surface area contributed by atoms with E-state index in [0.717, 1.165) is 22.2 Å². The maximum atomic E-state index is 12.6. The van der Waals surface area contributed by atoms with E-state index in [9.17, 15) is 19.5 Å². The summed E-state index contributed by atoms with van der Waals surface area (Å²) in [5.41, 5.74) is -0.266. The van der Waals surface area contributed by atoms with Crippen molar-refractivity contribution in [3.8, 4) is 0 Å². The number of fused-ring (bicyclic) bond motifs is 1. The Balaban J connectivity index is 1.62. The van der Waals surface area contributed by atoms with E-state index >= 15 is 0 Å². The Bertz CT molecular complexity index is 1420. The molecular weight excluding hydrogens is 446 g/mol. The van der Waals surface area contributed by atoms with Gasteiger partial charge in [-0.3, -0.25) is 14.6 Å². The number of anilines is 3. The third kappa shape index (κ3) is 4.50. The van der Waals surface area contributed by atoms with Gasteiger partial charge in [-0.15, -0.1) is 0 Å². The van der Waals surface area contributed by atoms with E-state index in [1.54, 1.807) is 11.9 Å². The van der Waals surface area contributed by atoms with Crippen LogP contribution in [0.15, 0.2) is 70.5 Å². The second-order valence-corrected chi connectivity index (χ2v) is 8.49. The van der Waals surface area contributed by atoms with Crippen LogP contribution in [0.3, 0.4) is 0 Å². The maximum Gasteiger partial charge on any atom is 0.331 e. The minimum Gasteiger partial charge on any atom is -0.479 e. The lowest BCUT2D eigenvalue weighted by Crippen LogP contribution is -2.64. The minimum absolute atomic E-state index is 0.109. The van der Waals surface area contributed by atoms with Gasteiger partial charge < -0.3 is 10.4 Å². The molecule has 0 fully saturated rings. The summed E-state index contributed by atoms with van der Waals surface area (Å²) in [5.74, 6) is -0.418. The molecule has 9 heteroatoms. The molecule has 0 radical (unpaired) electrons. The molecule has 2 N–H and O–H groups in total. The van der Waals surface area contributed by atoms with E-state index in [0.29, 0.717) is 18.9 Å². The molecule has 1 aromatic heterocycles. The van der Waals surface area contributed by atoms with Gasteiger partial charge in [0.15, 0.2) is 5.54 Å². The van der Waals surface area contributed by atoms with Gasteiger partial charge in [-0.2, -0.15) is 0 Å². The van der Waals surface area contributed by atoms with Crippen LogP contribution in [-0.2, 0) is 11.2 Å². The van der Waals surface area contributed by atoms with Crippen LogP contribution in [-0.4, -0.2) is 44.7 Å². The van der Waals surface area contributed by atoms with Crippen LogP contribution in [0.25, 0.3) is 10.9 Å². The monoisotopic (exact) mass is 473 g/mol. The fraction of sp³-hybridized carbons (Fsp3) is 0.269. The molecule has 3 aromatic carbocycles. The number of carboxylic acids is 1. The summed E-state index contributed by atoms with van der Waals surface area (Å²) in [7, 11) is 0. The van der Waals surface area contributed by atoms with Crippen molar-refractivity contribution in [1.29, 1.82) is 0 Å². The number of hydrogen-bond acceptors (Lipinski definition) is 8. The largest absolute Gasteiger partial charge is 0.479 e. The molecule has 0 bridgehead atoms. The van der Waals surface area contributed by atoms with Gasteiger partial charge in [-0.1, -0.05) is 38.1 Å². The van der Waals surface area contributed by atoms with E-state index < -0.39 is 22.4 Å². The third-order valence-corrected chi connectivity index (χ3v) is 6.20. The zero-order valence-electron chi connectivity index (χ0n) is 19.9. The number of benzene rings is 2. The van der Waals surface area contributed by atoms with Crippen LogP contribution in [0.5, 0.6) is 0 Å². The Kier molecular flexibility index (Phi) is 6.61. The summed E-state index contributed by atoms with van der Waals surface area (Å²) in [6, 6.07) is 16.3. The second-order valence-electron chi connectivity index (χ2n) is 8.49. The number of carboxylic acid groups (broad SMARTS) is 1. The number of hydrogen-bond donors (Lipinski definition) is 2. The molecular formula is C26H27N5O4. The zero-order chi connectivity index (χ0) is 25.2. The molecule has 0 saturated heterocycles. The number of nitrogens with one attached hydrogen (secondary N) is 1. The number of para-hydroxylation sites is 1. The Labute approximate surface area is 202 Å². The standard InChI is InChI=1S/C26H27N5O4/c1-4-30(5-2)31(21-14-22(32)23(21)33)26(3,25(34)35)15-17-10-12-18(13-11-17)29-24-19-8-6-7-9-20(19)27-16-28-24/h6-14,16H,4-5,15H2,1-3H3,(H,34,35)(H,27,28,29). The van der Waals surface area contributed by atoms with Crippen LogP contribution < -0.4 is 21.2 Å². The molecule has 0 amide bonds. The highest BCUT2D eigenvalue weighted by atomic mass is 16.4. The normalized spacial score (nSPS) is 13.1. The smallest absolute Gasteiger partial charge is 0.331 e. The van der Waals surface area contributed by atoms with Gasteiger partial charge in [0, 0.05) is 36.7 Å². The number of aromatic nitrogens is 2. The SMILES string of the molecule is CCN(CC)N(c1cc(=O)c1=O)C(C)(Cc1ccc(Nc2ncnc3ccccc23)cc1)C(=O)O. The second kappa shape index (κ2) is 9.63. The number of rotatable bonds is 10. The first-order chi connectivity index (χ1) is 16.8. The van der Waals surface area contributed by atoms with Crippen LogP contribution >= 0.6 is 0 Å². The van der Waals surface area contributed by atoms with Crippen LogP contribution in [0.4, 0.5) is 17.2 Å². The number of nitrogens with zero attached hydrogens (tertiary/aromatic N) is 4. The number of aliphatic carboxylic acids is 1. The fourth-order valence-electron chi connectivity index (χ4n) is 4.28. The molecule has 1 heterocycles. The molecule has 0 aliphatic carbocycles. The highest BCUT2D eigenvalue weighted by Crippen LogP contribution is 2.29. The van der Waals surface area contributed by atoms with Crippen molar-refractivity contribution < 1.29 is 9.90 Å². The van der Waals surface area contributed by atoms with Crippen LogP contribution in [0.2, 0.25) is 0 Å². The van der Waals surface area contributed by atoms with E-state index in [2.05, 4.69) is 15.3 Å². The van der Waals surface area contributed by atoms with Gasteiger partial charge in [-0.05, 0) is 36.8 Å². The molecule has 180 valence electrons. The average Bonchev–Trinajstić information content (AvgIpc) is 2.87. The number of carbonyl (C=O) groups is 1. The van der Waals surface area contributed by atoms with Crippen molar-refractivity contribution in [2.45, 2.75) is 32.7 Å². The van der Waals surface area contributed by atoms with E-state index in [4.69, 9.17) is 0 Å². The van der Waals surface area contributed by atoms with E-state index in [-0.39, 0.29) is 12.1 Å². The molecule has 35 heavy (non-hydrogen) atoms. The molecule has 1 unspecified atom stereocenters. The maximum absolute atomic E-state index is 12.6. The van der Waals surface area contributed by atoms with Gasteiger partial charge in [-0.25, -0.2) is 19.8 Å². The molecule has 0 saturated carbocycles. The van der Waals surface area contributed by atoms with Gasteiger partial charge in [0.2, 0.25) is 5.43 Å². The molecule has 1 atom stereocenters. The summed E-state index contributed by atoms with van der Waals surface area (Å²) >= 11 is 0. The Hall–Kier alpha value is -4.11. The number of hydrazine groups is 1. The summed E-state index contributed by atoms with van der Waals surface area (Å²) in [6.07, 6.45) is 1.62. The molecule has 9 nitrogen and oxygen atoms in total. The van der Waals surface area contributed by atoms with Gasteiger partial charge in [0.05, 0.1) is 5.52 Å². The first-order valence-electron chi connectivity index (χ1n) is 11.4. The quantitative estimate of drug-likeness (QED) is 0.265. The fourth-order valence-corrected chi connectivity index (χ4v) is 4.28. The summed E-state index contributed by atoms with van der Waals surface area (Å²) in [5, 5.41) is 17.7. The summed E-state index contributed by atoms with van der Waals surface area (Å²) in [6.45, 7) is 6.29. The first-order valence-corrected chi connectivity index (χ1v) is 11.4. The Morgan fingerprint density at radius 3 is 2.31 bits per heavy atom. The van der Waals surface area contributed by atoms with Gasteiger partial charge in [0.1, 0.15) is 17.8 Å². The highest BCUT2D eigenvalue weighted by molar-refractivity contribution is 5.90. The zero-order valence-corrected chi connectivity index (χ0v) is 19.9. The van der Waals surface area contributed by atoms with Crippen LogP contribution in [0, 0.1) is 0 Å². The Morgan fingerprint density at radius 2 is 1.71 bits per heavy atom. The average molecular weight is 474 g/mol. The van der Waals surface area contributed by atoms with Crippen molar-refractivity contribution in [2.24, 2.45) is 0 Å². The molecule has 4 aromatic rings. The van der Waals surface area contributed by atoms with E-state index in [1.165, 1.54) is 17.4 Å². The first kappa shape index (κ1) is 24.0. The molecule has 0 aliphatic rings. The molecule has 4 rings (SSSR count). The lowest BCUT2D eigenvalue weighted by atomic mass is 9.90.